The first kappa shape index (κ1) is 78.2. The number of ether oxygens (including phenoxy) is 2. The number of carbonyl (C=O) groups is 3. The van der Waals surface area contributed by atoms with Crippen molar-refractivity contribution >= 4 is 133 Å². The minimum absolute atomic E-state index is 0. The Morgan fingerprint density at radius 1 is 0.619 bits per heavy atom. The van der Waals surface area contributed by atoms with E-state index in [2.05, 4.69) is 107 Å². The number of nitrogens with zero attached hydrogens (tertiary/aromatic N) is 6. The van der Waals surface area contributed by atoms with Crippen molar-refractivity contribution in [3.05, 3.63) is 149 Å². The summed E-state index contributed by atoms with van der Waals surface area (Å²) in [7, 11) is -0.494. The number of rotatable bonds is 3. The van der Waals surface area contributed by atoms with Gasteiger partial charge in [-0.1, -0.05) is 98.1 Å². The third-order valence-corrected chi connectivity index (χ3v) is 13.9. The number of nitrogens with one attached hydrogen (secondary N) is 1. The third kappa shape index (κ3) is 21.0. The maximum atomic E-state index is 13.1. The second kappa shape index (κ2) is 32.7. The summed E-state index contributed by atoms with van der Waals surface area (Å²) in [5.74, 6) is 12.0. The molecule has 0 unspecified atom stereocenters. The molecule has 0 amide bonds. The fourth-order valence-electron chi connectivity index (χ4n) is 7.29. The number of H-pyrrole nitrogens is 1. The summed E-state index contributed by atoms with van der Waals surface area (Å²) in [6, 6.07) is 26.7. The zero-order valence-corrected chi connectivity index (χ0v) is 54.1. The van der Waals surface area contributed by atoms with Crippen LogP contribution in [-0.2, 0) is 18.8 Å². The van der Waals surface area contributed by atoms with Gasteiger partial charge in [0.1, 0.15) is 22.8 Å². The van der Waals surface area contributed by atoms with Gasteiger partial charge in [-0.05, 0) is 188 Å². The molecule has 25 heteroatoms. The highest BCUT2D eigenvalue weighted by molar-refractivity contribution is 9.11. The molecule has 5 aromatic carbocycles. The topological polar surface area (TPSA) is 274 Å². The van der Waals surface area contributed by atoms with Crippen LogP contribution in [0.1, 0.15) is 138 Å². The average molecular weight is 1430 g/mol. The molecule has 0 spiro atoms. The predicted octanol–water partition coefficient (Wildman–Crippen LogP) is 14.9. The molecule has 0 bridgehead atoms. The van der Waals surface area contributed by atoms with Gasteiger partial charge in [0.2, 0.25) is 0 Å². The Balaban J connectivity index is 0.00000105. The number of benzene rings is 5. The van der Waals surface area contributed by atoms with Crippen molar-refractivity contribution in [3.63, 3.8) is 0 Å². The Labute approximate surface area is 526 Å². The van der Waals surface area contributed by atoms with E-state index < -0.39 is 47.5 Å². The predicted molar refractivity (Wildman–Crippen MR) is 351 cm³/mol. The van der Waals surface area contributed by atoms with Crippen LogP contribution in [0.3, 0.4) is 0 Å². The summed E-state index contributed by atoms with van der Waals surface area (Å²) in [4.78, 5) is 35.3. The van der Waals surface area contributed by atoms with Crippen molar-refractivity contribution in [2.24, 2.45) is 22.6 Å². The monoisotopic (exact) mass is 1420 g/mol. The molecule has 1 aliphatic rings. The molecular formula is C59H81BBr4F2N10O8. The number of nitrogens with two attached hydrogens (primary N) is 3. The molecule has 9 N–H and O–H groups in total. The van der Waals surface area contributed by atoms with E-state index in [-0.39, 0.29) is 44.9 Å². The van der Waals surface area contributed by atoms with Crippen molar-refractivity contribution < 1.29 is 47.4 Å². The molecule has 460 valence electrons. The van der Waals surface area contributed by atoms with Crippen molar-refractivity contribution in [1.29, 1.82) is 0 Å². The SMILES string of the molecule is C.C.C.C/C(=N\N)c1ccc(Br)cc1F.CC(=O)c1ccc(Br)cc1F.Cc1[nH]nc2cc(Br)ccc12.Cc1nn(C(=O)OC(C)(C)C)c2cc(B3OC(C)(C)C(C)(C)O3)ccc12.Cc1nn(C(=O)OC(C)(C)C)c2cc(Br)ccc12.NN.O. The molecule has 1 saturated heterocycles. The number of aryl methyl sites for hydroxylation is 3. The van der Waals surface area contributed by atoms with Crippen LogP contribution in [0.25, 0.3) is 32.7 Å². The Hall–Kier alpha value is -5.77. The number of aromatic amines is 1. The molecule has 0 radical (unpaired) electrons. The lowest BCUT2D eigenvalue weighted by Gasteiger charge is -2.32. The standard InChI is InChI=1S/C19H27BN2O4.C13H15BrN2O2.C8H8BrFN2.C8H6BrFO.C8H7BrN2.3CH4.H4N2.H2O/c1-12-14-10-9-13(20-25-18(5,6)19(7,8)26-20)11-15(14)22(21-12)16(23)24-17(2,3)4;1-8-10-6-5-9(14)7-11(10)16(15-8)12(17)18-13(2,3)4;1-5(12-11)7-3-2-6(9)4-8(7)10;1-5(11)7-3-2-6(9)4-8(7)10;1-5-7-3-2-6(9)4-8(7)11-10-5;;;;1-2;/h9-11H,1-8H3;5-7H,1-4H3;2-4H,11H2,1H3;2-4H,1H3;2-4H,1H3,(H,10,11);3*1H4;1-2H2;1H2/b;;12-5+;;;;;;;. The molecule has 4 heterocycles. The van der Waals surface area contributed by atoms with Crippen molar-refractivity contribution in [1.82, 2.24) is 29.8 Å². The minimum Gasteiger partial charge on any atom is -0.442 e. The number of ketones is 1. The molecule has 1 aliphatic heterocycles. The van der Waals surface area contributed by atoms with Crippen LogP contribution in [0.5, 0.6) is 0 Å². The van der Waals surface area contributed by atoms with Gasteiger partial charge in [0.05, 0.1) is 50.4 Å². The van der Waals surface area contributed by atoms with Gasteiger partial charge in [0.15, 0.2) is 5.78 Å². The Kier molecular flexibility index (Phi) is 30.4. The van der Waals surface area contributed by atoms with E-state index in [9.17, 15) is 23.2 Å². The van der Waals surface area contributed by atoms with Crippen molar-refractivity contribution in [3.8, 4) is 0 Å². The molecule has 3 aromatic heterocycles. The van der Waals surface area contributed by atoms with Gasteiger partial charge in [0, 0.05) is 45.3 Å². The number of halogens is 6. The fraction of sp³-hybridized carbons (Fsp3) is 0.373. The zero-order chi connectivity index (χ0) is 60.4. The van der Waals surface area contributed by atoms with Crippen LogP contribution in [0.2, 0.25) is 0 Å². The van der Waals surface area contributed by atoms with Crippen LogP contribution < -0.4 is 23.0 Å². The van der Waals surface area contributed by atoms with Crippen LogP contribution in [0.15, 0.2) is 114 Å². The number of aromatic nitrogens is 6. The summed E-state index contributed by atoms with van der Waals surface area (Å²) in [5, 5.41) is 22.1. The van der Waals surface area contributed by atoms with Crippen molar-refractivity contribution in [2.75, 3.05) is 0 Å². The minimum atomic E-state index is -0.591. The molecular weight excluding hydrogens is 1350 g/mol. The summed E-state index contributed by atoms with van der Waals surface area (Å²) >= 11 is 13.0. The van der Waals surface area contributed by atoms with E-state index in [0.29, 0.717) is 25.7 Å². The summed E-state index contributed by atoms with van der Waals surface area (Å²) in [6.07, 6.45) is -0.958. The largest absolute Gasteiger partial charge is 0.494 e. The van der Waals surface area contributed by atoms with E-state index in [1.54, 1.807) is 25.1 Å². The van der Waals surface area contributed by atoms with Gasteiger partial charge in [-0.25, -0.2) is 18.4 Å². The smallest absolute Gasteiger partial charge is 0.442 e. The first-order valence-corrected chi connectivity index (χ1v) is 27.8. The lowest BCUT2D eigenvalue weighted by atomic mass is 9.79. The van der Waals surface area contributed by atoms with Crippen LogP contribution >= 0.6 is 63.7 Å². The van der Waals surface area contributed by atoms with Crippen LogP contribution in [-0.4, -0.2) is 88.4 Å². The second-order valence-corrected chi connectivity index (χ2v) is 24.7. The van der Waals surface area contributed by atoms with E-state index >= 15 is 0 Å². The Morgan fingerprint density at radius 3 is 1.42 bits per heavy atom. The zero-order valence-electron chi connectivity index (χ0n) is 47.8. The fourth-order valence-corrected chi connectivity index (χ4v) is 8.66. The number of hydrogen-bond acceptors (Lipinski definition) is 14. The van der Waals surface area contributed by atoms with E-state index in [4.69, 9.17) is 24.6 Å². The summed E-state index contributed by atoms with van der Waals surface area (Å²) in [6.45, 7) is 27.8. The molecule has 1 fully saturated rings. The third-order valence-electron chi connectivity index (χ3n) is 11.9. The molecule has 8 aromatic rings. The summed E-state index contributed by atoms with van der Waals surface area (Å²) < 4.78 is 54.9. The molecule has 0 atom stereocenters. The van der Waals surface area contributed by atoms with Gasteiger partial charge in [-0.3, -0.25) is 21.6 Å². The lowest BCUT2D eigenvalue weighted by molar-refractivity contribution is 0.00578. The van der Waals surface area contributed by atoms with Gasteiger partial charge in [-0.2, -0.15) is 29.8 Å². The first-order chi connectivity index (χ1) is 37.1. The van der Waals surface area contributed by atoms with Gasteiger partial charge in [-0.15, -0.1) is 0 Å². The Morgan fingerprint density at radius 2 is 1.00 bits per heavy atom. The Bertz CT molecular complexity index is 3520. The van der Waals surface area contributed by atoms with E-state index in [0.717, 1.165) is 53.3 Å². The second-order valence-electron chi connectivity index (χ2n) is 21.0. The maximum Gasteiger partial charge on any atom is 0.494 e. The van der Waals surface area contributed by atoms with Gasteiger partial charge in [0.25, 0.3) is 0 Å². The highest BCUT2D eigenvalue weighted by Gasteiger charge is 2.51. The summed E-state index contributed by atoms with van der Waals surface area (Å²) in [5.41, 5.74) is 5.07. The van der Waals surface area contributed by atoms with Gasteiger partial charge >= 0.3 is 19.3 Å². The van der Waals surface area contributed by atoms with Gasteiger partial charge < -0.3 is 30.1 Å². The number of Topliss-reactive ketones (excluding diaryl/α,β-unsaturated/α-hetero) is 1. The number of carbonyl (C=O) groups excluding carboxylic acids is 3. The highest BCUT2D eigenvalue weighted by atomic mass is 79.9. The van der Waals surface area contributed by atoms with E-state index in [1.165, 1.54) is 39.9 Å². The quantitative estimate of drug-likeness (QED) is 0.0422. The van der Waals surface area contributed by atoms with Crippen molar-refractivity contribution in [2.45, 2.75) is 149 Å². The van der Waals surface area contributed by atoms with E-state index in [1.807, 2.05) is 139 Å². The number of hydrazone groups is 1. The number of hydrazine groups is 1. The lowest BCUT2D eigenvalue weighted by Crippen LogP contribution is -2.41. The maximum absolute atomic E-state index is 13.1. The van der Waals surface area contributed by atoms with Crippen LogP contribution in [0.4, 0.5) is 18.4 Å². The molecule has 9 rings (SSSR count). The molecule has 18 nitrogen and oxygen atoms in total. The molecule has 84 heavy (non-hydrogen) atoms. The highest BCUT2D eigenvalue weighted by Crippen LogP contribution is 2.37. The van der Waals surface area contributed by atoms with Crippen LogP contribution in [0, 0.1) is 32.4 Å². The number of fused-ring (bicyclic) bond motifs is 3. The number of hydrogen-bond donors (Lipinski definition) is 4. The molecule has 0 aliphatic carbocycles. The molecule has 0 saturated carbocycles. The normalized spacial score (nSPS) is 12.9. The average Bonchev–Trinajstić information content (AvgIpc) is 3.93. The first-order valence-electron chi connectivity index (χ1n) is 24.7.